The van der Waals surface area contributed by atoms with Gasteiger partial charge in [-0.15, -0.1) is 0 Å². The number of hydrogen-bond donors (Lipinski definition) is 0. The molecule has 1 aromatic heterocycles. The number of aryl methyl sites for hydroxylation is 2. The van der Waals surface area contributed by atoms with E-state index in [2.05, 4.69) is 34.3 Å². The lowest BCUT2D eigenvalue weighted by Crippen LogP contribution is -2.23. The zero-order chi connectivity index (χ0) is 15.5. The highest BCUT2D eigenvalue weighted by Crippen LogP contribution is 2.34. The third-order valence-electron chi connectivity index (χ3n) is 4.48. The lowest BCUT2D eigenvalue weighted by Gasteiger charge is -2.25. The predicted molar refractivity (Wildman–Crippen MR) is 86.0 cm³/mol. The van der Waals surface area contributed by atoms with Gasteiger partial charge in [0.05, 0.1) is 12.3 Å². The van der Waals surface area contributed by atoms with E-state index >= 15 is 0 Å². The first kappa shape index (κ1) is 15.1. The second-order valence-electron chi connectivity index (χ2n) is 5.93. The van der Waals surface area contributed by atoms with E-state index in [9.17, 15) is 0 Å². The molecule has 0 spiro atoms. The van der Waals surface area contributed by atoms with Gasteiger partial charge in [0.15, 0.2) is 0 Å². The van der Waals surface area contributed by atoms with Crippen LogP contribution in [0, 0.1) is 13.8 Å². The Kier molecular flexibility index (Phi) is 4.48. The topological polar surface area (TPSA) is 38.5 Å². The normalized spacial score (nSPS) is 18.8. The Morgan fingerprint density at radius 1 is 1.27 bits per heavy atom. The van der Waals surface area contributed by atoms with Crippen LogP contribution in [0.4, 0.5) is 0 Å². The van der Waals surface area contributed by atoms with Gasteiger partial charge in [-0.25, -0.2) is 0 Å². The molecule has 118 valence electrons. The van der Waals surface area contributed by atoms with Crippen molar-refractivity contribution in [1.82, 2.24) is 10.1 Å². The SMILES string of the molecule is CCOc1ccc(C2CCCN2Cc2c(C)noc2C)cc1. The van der Waals surface area contributed by atoms with Gasteiger partial charge in [0.1, 0.15) is 11.5 Å². The summed E-state index contributed by atoms with van der Waals surface area (Å²) in [6, 6.07) is 9.02. The van der Waals surface area contributed by atoms with Crippen LogP contribution >= 0.6 is 0 Å². The van der Waals surface area contributed by atoms with Crippen molar-refractivity contribution in [3.05, 3.63) is 46.8 Å². The van der Waals surface area contributed by atoms with Gasteiger partial charge in [0.25, 0.3) is 0 Å². The van der Waals surface area contributed by atoms with Gasteiger partial charge >= 0.3 is 0 Å². The minimum atomic E-state index is 0.476. The molecule has 1 aliphatic rings. The number of likely N-dealkylation sites (tertiary alicyclic amines) is 1. The molecule has 2 aromatic rings. The van der Waals surface area contributed by atoms with Gasteiger partial charge in [0, 0.05) is 18.2 Å². The Balaban J connectivity index is 1.75. The standard InChI is InChI=1S/C18H24N2O2/c1-4-21-16-9-7-15(8-10-16)18-6-5-11-20(18)12-17-13(2)19-22-14(17)3/h7-10,18H,4-6,11-12H2,1-3H3. The van der Waals surface area contributed by atoms with Crippen LogP contribution in [0.15, 0.2) is 28.8 Å². The van der Waals surface area contributed by atoms with Crippen LogP contribution in [0.25, 0.3) is 0 Å². The maximum absolute atomic E-state index is 5.53. The van der Waals surface area contributed by atoms with Crippen LogP contribution in [-0.4, -0.2) is 23.2 Å². The highest BCUT2D eigenvalue weighted by molar-refractivity contribution is 5.30. The van der Waals surface area contributed by atoms with E-state index in [1.54, 1.807) is 0 Å². The molecule has 0 aliphatic carbocycles. The minimum Gasteiger partial charge on any atom is -0.494 e. The van der Waals surface area contributed by atoms with Crippen molar-refractivity contribution in [2.24, 2.45) is 0 Å². The molecule has 2 heterocycles. The first-order valence-electron chi connectivity index (χ1n) is 8.07. The highest BCUT2D eigenvalue weighted by Gasteiger charge is 2.27. The van der Waals surface area contributed by atoms with Crippen molar-refractivity contribution < 1.29 is 9.26 Å². The van der Waals surface area contributed by atoms with Gasteiger partial charge in [-0.3, -0.25) is 4.90 Å². The summed E-state index contributed by atoms with van der Waals surface area (Å²) in [5.41, 5.74) is 3.61. The average molecular weight is 300 g/mol. The Labute approximate surface area is 132 Å². The molecular weight excluding hydrogens is 276 g/mol. The van der Waals surface area contributed by atoms with Crippen molar-refractivity contribution in [2.45, 2.75) is 46.2 Å². The smallest absolute Gasteiger partial charge is 0.138 e. The number of ether oxygens (including phenoxy) is 1. The fraction of sp³-hybridized carbons (Fsp3) is 0.500. The second kappa shape index (κ2) is 6.53. The first-order chi connectivity index (χ1) is 10.7. The minimum absolute atomic E-state index is 0.476. The highest BCUT2D eigenvalue weighted by atomic mass is 16.5. The quantitative estimate of drug-likeness (QED) is 0.835. The Morgan fingerprint density at radius 3 is 2.68 bits per heavy atom. The lowest BCUT2D eigenvalue weighted by molar-refractivity contribution is 0.246. The molecule has 0 saturated carbocycles. The van der Waals surface area contributed by atoms with Gasteiger partial charge in [-0.2, -0.15) is 0 Å². The summed E-state index contributed by atoms with van der Waals surface area (Å²) >= 11 is 0. The number of hydrogen-bond acceptors (Lipinski definition) is 4. The van der Waals surface area contributed by atoms with Crippen molar-refractivity contribution in [3.63, 3.8) is 0 Å². The van der Waals surface area contributed by atoms with E-state index in [0.29, 0.717) is 12.6 Å². The molecule has 1 fully saturated rings. The molecule has 0 radical (unpaired) electrons. The summed E-state index contributed by atoms with van der Waals surface area (Å²) in [7, 11) is 0. The number of aromatic nitrogens is 1. The molecule has 1 aliphatic heterocycles. The molecule has 0 N–H and O–H groups in total. The average Bonchev–Trinajstić information content (AvgIpc) is 3.10. The number of rotatable bonds is 5. The fourth-order valence-electron chi connectivity index (χ4n) is 3.28. The Bertz CT molecular complexity index is 599. The van der Waals surface area contributed by atoms with Crippen LogP contribution in [0.2, 0.25) is 0 Å². The third kappa shape index (κ3) is 3.02. The zero-order valence-electron chi connectivity index (χ0n) is 13.6. The van der Waals surface area contributed by atoms with Crippen LogP contribution in [0.1, 0.15) is 48.4 Å². The predicted octanol–water partition coefficient (Wildman–Crippen LogP) is 4.03. The van der Waals surface area contributed by atoms with Gasteiger partial charge < -0.3 is 9.26 Å². The summed E-state index contributed by atoms with van der Waals surface area (Å²) in [6.07, 6.45) is 2.44. The van der Waals surface area contributed by atoms with Gasteiger partial charge in [-0.05, 0) is 57.9 Å². The van der Waals surface area contributed by atoms with Crippen LogP contribution in [0.3, 0.4) is 0 Å². The van der Waals surface area contributed by atoms with E-state index in [1.165, 1.54) is 24.0 Å². The largest absolute Gasteiger partial charge is 0.494 e. The van der Waals surface area contributed by atoms with Crippen molar-refractivity contribution in [3.8, 4) is 5.75 Å². The van der Waals surface area contributed by atoms with E-state index < -0.39 is 0 Å². The van der Waals surface area contributed by atoms with Crippen LogP contribution in [-0.2, 0) is 6.54 Å². The Hall–Kier alpha value is -1.81. The number of benzene rings is 1. The molecule has 1 aromatic carbocycles. The molecule has 22 heavy (non-hydrogen) atoms. The maximum atomic E-state index is 5.53. The summed E-state index contributed by atoms with van der Waals surface area (Å²) < 4.78 is 10.8. The van der Waals surface area contributed by atoms with E-state index in [1.807, 2.05) is 20.8 Å². The number of nitrogens with zero attached hydrogens (tertiary/aromatic N) is 2. The molecule has 4 heteroatoms. The first-order valence-corrected chi connectivity index (χ1v) is 8.07. The van der Waals surface area contributed by atoms with Gasteiger partial charge in [-0.1, -0.05) is 17.3 Å². The van der Waals surface area contributed by atoms with Crippen LogP contribution < -0.4 is 4.74 Å². The van der Waals surface area contributed by atoms with Crippen LogP contribution in [0.5, 0.6) is 5.75 Å². The molecule has 3 rings (SSSR count). The van der Waals surface area contributed by atoms with Gasteiger partial charge in [0.2, 0.25) is 0 Å². The monoisotopic (exact) mass is 300 g/mol. The molecular formula is C18H24N2O2. The second-order valence-corrected chi connectivity index (χ2v) is 5.93. The van der Waals surface area contributed by atoms with Crippen molar-refractivity contribution >= 4 is 0 Å². The summed E-state index contributed by atoms with van der Waals surface area (Å²) in [5, 5.41) is 4.07. The summed E-state index contributed by atoms with van der Waals surface area (Å²) in [5.74, 6) is 1.89. The van der Waals surface area contributed by atoms with E-state index in [4.69, 9.17) is 9.26 Å². The summed E-state index contributed by atoms with van der Waals surface area (Å²) in [4.78, 5) is 2.53. The zero-order valence-corrected chi connectivity index (χ0v) is 13.6. The fourth-order valence-corrected chi connectivity index (χ4v) is 3.28. The lowest BCUT2D eigenvalue weighted by atomic mass is 10.0. The summed E-state index contributed by atoms with van der Waals surface area (Å²) in [6.45, 7) is 8.78. The third-order valence-corrected chi connectivity index (χ3v) is 4.48. The molecule has 0 amide bonds. The van der Waals surface area contributed by atoms with Crippen molar-refractivity contribution in [1.29, 1.82) is 0 Å². The molecule has 1 unspecified atom stereocenters. The Morgan fingerprint density at radius 2 is 2.05 bits per heavy atom. The maximum Gasteiger partial charge on any atom is 0.138 e. The van der Waals surface area contributed by atoms with Crippen molar-refractivity contribution in [2.75, 3.05) is 13.2 Å². The molecule has 0 bridgehead atoms. The molecule has 1 atom stereocenters. The van der Waals surface area contributed by atoms with E-state index in [-0.39, 0.29) is 0 Å². The molecule has 4 nitrogen and oxygen atoms in total. The van der Waals surface area contributed by atoms with E-state index in [0.717, 1.165) is 30.3 Å². The molecule has 1 saturated heterocycles.